The third kappa shape index (κ3) is 14.6. The Morgan fingerprint density at radius 3 is 1.75 bits per heavy atom. The van der Waals surface area contributed by atoms with Crippen molar-refractivity contribution in [1.82, 2.24) is 0 Å². The average Bonchev–Trinajstić information content (AvgIpc) is 2.05. The Hall–Kier alpha value is 1.63. The number of hydrogen-bond acceptors (Lipinski definition) is 6. The molecule has 0 spiro atoms. The zero-order valence-electron chi connectivity index (χ0n) is 13.5. The third-order valence-electron chi connectivity index (χ3n) is 1.55. The molecule has 0 saturated heterocycles. The fourth-order valence-electron chi connectivity index (χ4n) is 1.14. The molecule has 0 atom stereocenters. The standard InChI is InChI=1S/C12H25O6P.Cs/c1-11(2,3)17-19(15,18-12(4,5)6)16-9-7-8-10(13)14;/h7-9H2,1-6H3,(H,13,14);/q;+1/p-1. The van der Waals surface area contributed by atoms with Crippen LogP contribution in [0.15, 0.2) is 0 Å². The molecule has 0 aliphatic rings. The number of phosphoric ester groups is 1. The number of carbonyl (C=O) groups excluding carboxylic acids is 1. The number of hydrogen-bond donors (Lipinski definition) is 0. The normalized spacial score (nSPS) is 12.9. The zero-order valence-corrected chi connectivity index (χ0v) is 20.7. The molecular formula is C12H24CsO6P. The van der Waals surface area contributed by atoms with E-state index in [9.17, 15) is 14.5 Å². The molecule has 0 saturated carbocycles. The van der Waals surface area contributed by atoms with Crippen LogP contribution in [-0.2, 0) is 22.9 Å². The first-order valence-corrected chi connectivity index (χ1v) is 7.65. The number of rotatable bonds is 7. The Balaban J connectivity index is 0. The van der Waals surface area contributed by atoms with Crippen molar-refractivity contribution in [2.45, 2.75) is 65.6 Å². The van der Waals surface area contributed by atoms with Crippen molar-refractivity contribution >= 4 is 13.8 Å². The minimum Gasteiger partial charge on any atom is -0.550 e. The fourth-order valence-corrected chi connectivity index (χ4v) is 2.97. The predicted octanol–water partition coefficient (Wildman–Crippen LogP) is -0.725. The summed E-state index contributed by atoms with van der Waals surface area (Å²) in [4.78, 5) is 10.3. The maximum Gasteiger partial charge on any atom is 1.00 e. The summed E-state index contributed by atoms with van der Waals surface area (Å²) in [5, 5.41) is 10.3. The summed E-state index contributed by atoms with van der Waals surface area (Å²) in [5.41, 5.74) is -1.40. The van der Waals surface area contributed by atoms with Crippen LogP contribution in [0, 0.1) is 0 Å². The number of carboxylic acids is 1. The Morgan fingerprint density at radius 2 is 1.45 bits per heavy atom. The van der Waals surface area contributed by atoms with Crippen molar-refractivity contribution < 1.29 is 96.9 Å². The van der Waals surface area contributed by atoms with Gasteiger partial charge in [0.15, 0.2) is 0 Å². The summed E-state index contributed by atoms with van der Waals surface area (Å²) < 4.78 is 28.3. The molecule has 114 valence electrons. The van der Waals surface area contributed by atoms with E-state index in [-0.39, 0.29) is 88.3 Å². The minimum atomic E-state index is -3.74. The van der Waals surface area contributed by atoms with E-state index < -0.39 is 25.0 Å². The second-order valence-electron chi connectivity index (χ2n) is 6.16. The Kier molecular flexibility index (Phi) is 11.6. The second kappa shape index (κ2) is 9.70. The molecule has 6 nitrogen and oxygen atoms in total. The van der Waals surface area contributed by atoms with Crippen LogP contribution in [0.2, 0.25) is 0 Å². The van der Waals surface area contributed by atoms with Crippen molar-refractivity contribution in [3.8, 4) is 0 Å². The molecule has 0 aliphatic heterocycles. The van der Waals surface area contributed by atoms with Gasteiger partial charge < -0.3 is 9.90 Å². The number of aliphatic carboxylic acids is 1. The zero-order chi connectivity index (χ0) is 15.3. The molecule has 0 radical (unpaired) electrons. The molecular weight excluding hydrogens is 404 g/mol. The van der Waals surface area contributed by atoms with Crippen LogP contribution < -0.4 is 74.0 Å². The summed E-state index contributed by atoms with van der Waals surface area (Å²) in [5.74, 6) is -1.17. The molecule has 0 heterocycles. The summed E-state index contributed by atoms with van der Waals surface area (Å²) in [6.07, 6.45) is 0.0262. The topological polar surface area (TPSA) is 84.9 Å². The first-order chi connectivity index (χ1) is 8.33. The molecule has 20 heavy (non-hydrogen) atoms. The monoisotopic (exact) mass is 428 g/mol. The predicted molar refractivity (Wildman–Crippen MR) is 69.5 cm³/mol. The summed E-state index contributed by atoms with van der Waals surface area (Å²) in [6.45, 7) is 10.4. The van der Waals surface area contributed by atoms with Gasteiger partial charge in [0.25, 0.3) is 0 Å². The van der Waals surface area contributed by atoms with E-state index in [0.29, 0.717) is 0 Å². The van der Waals surface area contributed by atoms with E-state index in [2.05, 4.69) is 0 Å². The van der Waals surface area contributed by atoms with Gasteiger partial charge in [-0.3, -0.25) is 13.6 Å². The molecule has 0 rings (SSSR count). The Morgan fingerprint density at radius 1 is 1.05 bits per heavy atom. The summed E-state index contributed by atoms with van der Waals surface area (Å²) >= 11 is 0. The van der Waals surface area contributed by atoms with Crippen molar-refractivity contribution in [1.29, 1.82) is 0 Å². The number of phosphoric acid groups is 1. The van der Waals surface area contributed by atoms with Crippen LogP contribution in [0.1, 0.15) is 54.4 Å². The van der Waals surface area contributed by atoms with E-state index in [1.807, 2.05) is 0 Å². The molecule has 0 N–H and O–H groups in total. The van der Waals surface area contributed by atoms with Crippen LogP contribution in [-0.4, -0.2) is 23.8 Å². The van der Waals surface area contributed by atoms with E-state index in [4.69, 9.17) is 13.6 Å². The van der Waals surface area contributed by atoms with Crippen LogP contribution in [0.25, 0.3) is 0 Å². The third-order valence-corrected chi connectivity index (χ3v) is 3.59. The maximum absolute atomic E-state index is 12.5. The van der Waals surface area contributed by atoms with Crippen molar-refractivity contribution in [2.24, 2.45) is 0 Å². The van der Waals surface area contributed by atoms with E-state index >= 15 is 0 Å². The molecule has 8 heteroatoms. The average molecular weight is 428 g/mol. The number of carboxylic acid groups (broad SMARTS) is 1. The smallest absolute Gasteiger partial charge is 0.550 e. The van der Waals surface area contributed by atoms with E-state index in [1.54, 1.807) is 41.5 Å². The maximum atomic E-state index is 12.5. The SMILES string of the molecule is CC(C)(C)OP(=O)(OCCCC(=O)[O-])OC(C)(C)C.[Cs+]. The first-order valence-electron chi connectivity index (χ1n) is 6.19. The van der Waals surface area contributed by atoms with Crippen LogP contribution in [0.3, 0.4) is 0 Å². The van der Waals surface area contributed by atoms with Crippen molar-refractivity contribution in [2.75, 3.05) is 6.61 Å². The molecule has 0 aliphatic carbocycles. The van der Waals surface area contributed by atoms with Gasteiger partial charge in [-0.25, -0.2) is 4.57 Å². The van der Waals surface area contributed by atoms with E-state index in [0.717, 1.165) is 0 Å². The van der Waals surface area contributed by atoms with Gasteiger partial charge in [0.1, 0.15) is 0 Å². The Bertz CT molecular complexity index is 325. The first kappa shape index (κ1) is 23.9. The minimum absolute atomic E-state index is 0. The summed E-state index contributed by atoms with van der Waals surface area (Å²) in [7, 11) is -3.74. The molecule has 0 fully saturated rings. The van der Waals surface area contributed by atoms with E-state index in [1.165, 1.54) is 0 Å². The van der Waals surface area contributed by atoms with Gasteiger partial charge in [-0.1, -0.05) is 0 Å². The molecule has 0 aromatic carbocycles. The number of carbonyl (C=O) groups is 1. The van der Waals surface area contributed by atoms with Crippen molar-refractivity contribution in [3.63, 3.8) is 0 Å². The quantitative estimate of drug-likeness (QED) is 0.393. The van der Waals surface area contributed by atoms with Gasteiger partial charge in [0.05, 0.1) is 17.8 Å². The Labute approximate surface area is 180 Å². The van der Waals surface area contributed by atoms with Crippen molar-refractivity contribution in [3.05, 3.63) is 0 Å². The van der Waals surface area contributed by atoms with Crippen LogP contribution >= 0.6 is 7.82 Å². The van der Waals surface area contributed by atoms with Crippen LogP contribution in [0.5, 0.6) is 0 Å². The fraction of sp³-hybridized carbons (Fsp3) is 0.917. The molecule has 0 aromatic rings. The largest absolute Gasteiger partial charge is 1.00 e. The van der Waals surface area contributed by atoms with Gasteiger partial charge >= 0.3 is 76.7 Å². The second-order valence-corrected chi connectivity index (χ2v) is 7.68. The van der Waals surface area contributed by atoms with Gasteiger partial charge in [-0.15, -0.1) is 0 Å². The molecule has 0 bridgehead atoms. The molecule has 0 aromatic heterocycles. The molecule has 0 unspecified atom stereocenters. The van der Waals surface area contributed by atoms with Gasteiger partial charge in [0.2, 0.25) is 0 Å². The van der Waals surface area contributed by atoms with Gasteiger partial charge in [0, 0.05) is 5.97 Å². The van der Waals surface area contributed by atoms with Gasteiger partial charge in [-0.05, 0) is 54.4 Å². The molecule has 0 amide bonds. The van der Waals surface area contributed by atoms with Gasteiger partial charge in [-0.2, -0.15) is 0 Å². The van der Waals surface area contributed by atoms with Crippen LogP contribution in [0.4, 0.5) is 0 Å². The summed E-state index contributed by atoms with van der Waals surface area (Å²) in [6, 6.07) is 0.